The molecule has 1 unspecified atom stereocenters. The minimum absolute atomic E-state index is 0.0154. The first kappa shape index (κ1) is 11.4. The predicted octanol–water partition coefficient (Wildman–Crippen LogP) is 1.42. The summed E-state index contributed by atoms with van der Waals surface area (Å²) in [6, 6.07) is 10.4. The number of phenolic OH excluding ortho intramolecular Hbond substituents is 1. The lowest BCUT2D eigenvalue weighted by molar-refractivity contribution is -0.118. The summed E-state index contributed by atoms with van der Waals surface area (Å²) in [5, 5.41) is 11.7. The van der Waals surface area contributed by atoms with E-state index in [1.807, 2.05) is 30.3 Å². The van der Waals surface area contributed by atoms with E-state index in [2.05, 4.69) is 0 Å². The normalized spacial score (nSPS) is 12.5. The lowest BCUT2D eigenvalue weighted by Gasteiger charge is -2.14. The van der Waals surface area contributed by atoms with Crippen molar-refractivity contribution in [1.82, 2.24) is 0 Å². The number of hydrogen-bond donors (Lipinski definition) is 3. The molecule has 0 saturated heterocycles. The van der Waals surface area contributed by atoms with E-state index in [-0.39, 0.29) is 12.2 Å². The second-order valence-corrected chi connectivity index (χ2v) is 4.00. The van der Waals surface area contributed by atoms with Gasteiger partial charge in [0.2, 0.25) is 5.91 Å². The molecular formula is C13H14N2O2. The molecular weight excluding hydrogens is 216 g/mol. The molecule has 17 heavy (non-hydrogen) atoms. The van der Waals surface area contributed by atoms with Crippen LogP contribution in [-0.2, 0) is 4.79 Å². The van der Waals surface area contributed by atoms with Crippen molar-refractivity contribution >= 4 is 16.7 Å². The molecule has 0 fully saturated rings. The number of carbonyl (C=O) groups excluding carboxylic acids is 1. The van der Waals surface area contributed by atoms with Crippen LogP contribution >= 0.6 is 0 Å². The third-order valence-electron chi connectivity index (χ3n) is 2.74. The molecule has 1 atom stereocenters. The van der Waals surface area contributed by atoms with Crippen molar-refractivity contribution in [2.24, 2.45) is 11.5 Å². The molecule has 2 rings (SSSR count). The number of aromatic hydroxyl groups is 1. The fraction of sp³-hybridized carbons (Fsp3) is 0.154. The highest BCUT2D eigenvalue weighted by atomic mass is 16.3. The van der Waals surface area contributed by atoms with Gasteiger partial charge in [-0.3, -0.25) is 4.79 Å². The van der Waals surface area contributed by atoms with Gasteiger partial charge in [-0.05, 0) is 16.8 Å². The molecule has 1 amide bonds. The van der Waals surface area contributed by atoms with Crippen LogP contribution in [-0.4, -0.2) is 11.0 Å². The summed E-state index contributed by atoms with van der Waals surface area (Å²) in [4.78, 5) is 10.9. The van der Waals surface area contributed by atoms with Gasteiger partial charge in [0.15, 0.2) is 0 Å². The molecule has 2 aromatic carbocycles. The van der Waals surface area contributed by atoms with Crippen LogP contribution < -0.4 is 11.5 Å². The molecule has 4 nitrogen and oxygen atoms in total. The molecule has 0 heterocycles. The number of fused-ring (bicyclic) bond motifs is 1. The minimum atomic E-state index is -0.585. The second kappa shape index (κ2) is 4.43. The highest BCUT2D eigenvalue weighted by Gasteiger charge is 2.16. The predicted molar refractivity (Wildman–Crippen MR) is 66.4 cm³/mol. The first-order valence-electron chi connectivity index (χ1n) is 5.34. The maximum absolute atomic E-state index is 10.9. The lowest BCUT2D eigenvalue weighted by Crippen LogP contribution is -2.21. The molecule has 0 aromatic heterocycles. The Balaban J connectivity index is 2.58. The van der Waals surface area contributed by atoms with Gasteiger partial charge in [-0.25, -0.2) is 0 Å². The van der Waals surface area contributed by atoms with Crippen LogP contribution in [0.25, 0.3) is 10.8 Å². The number of nitrogens with two attached hydrogens (primary N) is 2. The van der Waals surface area contributed by atoms with E-state index in [0.717, 1.165) is 10.8 Å². The molecule has 0 aliphatic rings. The summed E-state index contributed by atoms with van der Waals surface area (Å²) in [5.74, 6) is -0.387. The average molecular weight is 230 g/mol. The Morgan fingerprint density at radius 1 is 1.24 bits per heavy atom. The number of amides is 1. The van der Waals surface area contributed by atoms with Crippen LogP contribution in [0, 0.1) is 0 Å². The molecule has 5 N–H and O–H groups in total. The Kier molecular flexibility index (Phi) is 2.97. The Morgan fingerprint density at radius 3 is 2.65 bits per heavy atom. The molecule has 0 spiro atoms. The van der Waals surface area contributed by atoms with E-state index in [1.165, 1.54) is 0 Å². The van der Waals surface area contributed by atoms with Crippen molar-refractivity contribution in [1.29, 1.82) is 0 Å². The Hall–Kier alpha value is -2.07. The first-order chi connectivity index (χ1) is 8.09. The zero-order valence-corrected chi connectivity index (χ0v) is 9.26. The number of carbonyl (C=O) groups is 1. The smallest absolute Gasteiger partial charge is 0.219 e. The zero-order chi connectivity index (χ0) is 12.4. The minimum Gasteiger partial charge on any atom is -0.508 e. The maximum Gasteiger partial charge on any atom is 0.219 e. The standard InChI is InChI=1S/C13H14N2O2/c14-10(7-12(15)17)13-9-4-2-1-3-8(9)5-6-11(13)16/h1-6,10,16H,7,14H2,(H2,15,17). The van der Waals surface area contributed by atoms with Gasteiger partial charge in [0.1, 0.15) is 5.75 Å². The summed E-state index contributed by atoms with van der Waals surface area (Å²) in [6.07, 6.45) is 0.0154. The summed E-state index contributed by atoms with van der Waals surface area (Å²) in [6.45, 7) is 0. The van der Waals surface area contributed by atoms with E-state index in [1.54, 1.807) is 6.07 Å². The monoisotopic (exact) mass is 230 g/mol. The number of hydrogen-bond acceptors (Lipinski definition) is 3. The molecule has 0 aliphatic carbocycles. The molecule has 4 heteroatoms. The first-order valence-corrected chi connectivity index (χ1v) is 5.34. The van der Waals surface area contributed by atoms with Gasteiger partial charge >= 0.3 is 0 Å². The second-order valence-electron chi connectivity index (χ2n) is 4.00. The highest BCUT2D eigenvalue weighted by Crippen LogP contribution is 2.32. The Morgan fingerprint density at radius 2 is 1.94 bits per heavy atom. The number of phenols is 1. The molecule has 0 aliphatic heterocycles. The van der Waals surface area contributed by atoms with Gasteiger partial charge in [0, 0.05) is 18.0 Å². The van der Waals surface area contributed by atoms with Crippen molar-refractivity contribution in [2.75, 3.05) is 0 Å². The molecule has 0 saturated carbocycles. The van der Waals surface area contributed by atoms with Gasteiger partial charge in [-0.2, -0.15) is 0 Å². The van der Waals surface area contributed by atoms with Gasteiger partial charge in [0.25, 0.3) is 0 Å². The molecule has 2 aromatic rings. The van der Waals surface area contributed by atoms with Crippen molar-refractivity contribution in [3.8, 4) is 5.75 Å². The van der Waals surface area contributed by atoms with Gasteiger partial charge in [-0.1, -0.05) is 30.3 Å². The van der Waals surface area contributed by atoms with Crippen molar-refractivity contribution in [3.05, 3.63) is 42.0 Å². The number of rotatable bonds is 3. The zero-order valence-electron chi connectivity index (χ0n) is 9.26. The van der Waals surface area contributed by atoms with E-state index < -0.39 is 11.9 Å². The third-order valence-corrected chi connectivity index (χ3v) is 2.74. The fourth-order valence-electron chi connectivity index (χ4n) is 1.99. The van der Waals surface area contributed by atoms with E-state index in [0.29, 0.717) is 5.56 Å². The molecule has 88 valence electrons. The number of benzene rings is 2. The molecule has 0 bridgehead atoms. The summed E-state index contributed by atoms with van der Waals surface area (Å²) in [5.41, 5.74) is 11.6. The summed E-state index contributed by atoms with van der Waals surface area (Å²) in [7, 11) is 0. The lowest BCUT2D eigenvalue weighted by atomic mass is 9.96. The van der Waals surface area contributed by atoms with Crippen LogP contribution in [0.15, 0.2) is 36.4 Å². The SMILES string of the molecule is NC(=O)CC(N)c1c(O)ccc2ccccc12. The topological polar surface area (TPSA) is 89.3 Å². The summed E-state index contributed by atoms with van der Waals surface area (Å²) >= 11 is 0. The Labute approximate surface area is 98.8 Å². The van der Waals surface area contributed by atoms with Crippen molar-refractivity contribution in [2.45, 2.75) is 12.5 Å². The Bertz CT molecular complexity index is 566. The highest BCUT2D eigenvalue weighted by molar-refractivity contribution is 5.88. The maximum atomic E-state index is 10.9. The van der Waals surface area contributed by atoms with E-state index in [4.69, 9.17) is 11.5 Å². The summed E-state index contributed by atoms with van der Waals surface area (Å²) < 4.78 is 0. The van der Waals surface area contributed by atoms with Crippen LogP contribution in [0.3, 0.4) is 0 Å². The van der Waals surface area contributed by atoms with E-state index in [9.17, 15) is 9.90 Å². The quantitative estimate of drug-likeness (QED) is 0.744. The van der Waals surface area contributed by atoms with Gasteiger partial charge in [0.05, 0.1) is 0 Å². The third kappa shape index (κ3) is 2.21. The van der Waals surface area contributed by atoms with Gasteiger partial charge < -0.3 is 16.6 Å². The van der Waals surface area contributed by atoms with Crippen molar-refractivity contribution < 1.29 is 9.90 Å². The fourth-order valence-corrected chi connectivity index (χ4v) is 1.99. The van der Waals surface area contributed by atoms with Crippen molar-refractivity contribution in [3.63, 3.8) is 0 Å². The van der Waals surface area contributed by atoms with Gasteiger partial charge in [-0.15, -0.1) is 0 Å². The van der Waals surface area contributed by atoms with Crippen LogP contribution in [0.4, 0.5) is 0 Å². The average Bonchev–Trinajstić information content (AvgIpc) is 2.27. The van der Waals surface area contributed by atoms with Crippen LogP contribution in [0.2, 0.25) is 0 Å². The number of primary amides is 1. The van der Waals surface area contributed by atoms with E-state index >= 15 is 0 Å². The largest absolute Gasteiger partial charge is 0.508 e. The molecule has 0 radical (unpaired) electrons. The van der Waals surface area contributed by atoms with Crippen LogP contribution in [0.1, 0.15) is 18.0 Å². The van der Waals surface area contributed by atoms with Crippen LogP contribution in [0.5, 0.6) is 5.75 Å².